The molecular formula is C76H148O17P2. The zero-order chi connectivity index (χ0) is 70.3. The summed E-state index contributed by atoms with van der Waals surface area (Å²) < 4.78 is 68.4. The molecule has 0 heterocycles. The molecule has 0 saturated heterocycles. The summed E-state index contributed by atoms with van der Waals surface area (Å²) in [7, 11) is -9.91. The molecule has 4 unspecified atom stereocenters. The second-order valence-corrected chi connectivity index (χ2v) is 31.7. The maximum absolute atomic E-state index is 13.1. The number of ether oxygens (including phenoxy) is 4. The van der Waals surface area contributed by atoms with Gasteiger partial charge in [0.1, 0.15) is 19.3 Å². The fourth-order valence-electron chi connectivity index (χ4n) is 11.5. The second-order valence-electron chi connectivity index (χ2n) is 28.8. The van der Waals surface area contributed by atoms with E-state index in [0.29, 0.717) is 31.6 Å². The molecule has 0 bridgehead atoms. The highest BCUT2D eigenvalue weighted by Gasteiger charge is 2.30. The van der Waals surface area contributed by atoms with Crippen LogP contribution in [0.5, 0.6) is 0 Å². The highest BCUT2D eigenvalue weighted by atomic mass is 31.2. The maximum Gasteiger partial charge on any atom is 0.472 e. The lowest BCUT2D eigenvalue weighted by atomic mass is 9.99. The van der Waals surface area contributed by atoms with E-state index in [1.165, 1.54) is 180 Å². The molecule has 0 spiro atoms. The summed E-state index contributed by atoms with van der Waals surface area (Å²) >= 11 is 0. The van der Waals surface area contributed by atoms with Crippen molar-refractivity contribution in [1.29, 1.82) is 0 Å². The smallest absolute Gasteiger partial charge is 0.462 e. The van der Waals surface area contributed by atoms with Gasteiger partial charge in [0.2, 0.25) is 0 Å². The lowest BCUT2D eigenvalue weighted by molar-refractivity contribution is -0.161. The molecule has 0 aliphatic rings. The number of esters is 4. The van der Waals surface area contributed by atoms with Crippen LogP contribution in [0.2, 0.25) is 0 Å². The van der Waals surface area contributed by atoms with Gasteiger partial charge in [0.25, 0.3) is 0 Å². The van der Waals surface area contributed by atoms with E-state index in [1.807, 2.05) is 0 Å². The van der Waals surface area contributed by atoms with E-state index in [-0.39, 0.29) is 25.7 Å². The van der Waals surface area contributed by atoms with Gasteiger partial charge in [-0.2, -0.15) is 0 Å². The summed E-state index contributed by atoms with van der Waals surface area (Å²) in [5, 5.41) is 10.6. The Bertz CT molecular complexity index is 1870. The van der Waals surface area contributed by atoms with Crippen molar-refractivity contribution in [2.24, 2.45) is 23.7 Å². The lowest BCUT2D eigenvalue weighted by Gasteiger charge is -2.21. The first-order valence-electron chi connectivity index (χ1n) is 39.3. The Kier molecular flexibility index (Phi) is 64.0. The van der Waals surface area contributed by atoms with Crippen LogP contribution in [0.15, 0.2) is 0 Å². The largest absolute Gasteiger partial charge is 0.472 e. The predicted molar refractivity (Wildman–Crippen MR) is 386 cm³/mol. The van der Waals surface area contributed by atoms with Crippen LogP contribution in [0.3, 0.4) is 0 Å². The lowest BCUT2D eigenvalue weighted by Crippen LogP contribution is -2.30. The number of phosphoric ester groups is 2. The van der Waals surface area contributed by atoms with Crippen molar-refractivity contribution in [3.05, 3.63) is 0 Å². The highest BCUT2D eigenvalue weighted by molar-refractivity contribution is 7.47. The summed E-state index contributed by atoms with van der Waals surface area (Å²) in [6, 6.07) is 0. The summed E-state index contributed by atoms with van der Waals surface area (Å²) in [5.41, 5.74) is 0. The fourth-order valence-corrected chi connectivity index (χ4v) is 13.1. The Morgan fingerprint density at radius 1 is 0.295 bits per heavy atom. The summed E-state index contributed by atoms with van der Waals surface area (Å²) in [5.74, 6) is 0.933. The molecule has 564 valence electrons. The van der Waals surface area contributed by atoms with Crippen LogP contribution in [-0.2, 0) is 65.4 Å². The van der Waals surface area contributed by atoms with Gasteiger partial charge in [-0.15, -0.1) is 0 Å². The first kappa shape index (κ1) is 93.1. The van der Waals surface area contributed by atoms with Crippen molar-refractivity contribution >= 4 is 39.5 Å². The van der Waals surface area contributed by atoms with Gasteiger partial charge in [0.15, 0.2) is 12.2 Å². The SMILES string of the molecule is CCC(C)CCCCCCCCCCCCCCCCCCCCC(=O)OC[C@H](COP(=O)(O)OC[C@@H](O)COP(=O)(O)OC[C@@H](COC(=O)CCCCCCCCC(C)C)OC(=O)CCCCCCCCCCCC(C)C)OC(=O)CCCCCCCCCCC(C)CC. The molecule has 0 aromatic heterocycles. The van der Waals surface area contributed by atoms with Gasteiger partial charge in [-0.3, -0.25) is 37.3 Å². The van der Waals surface area contributed by atoms with E-state index in [1.54, 1.807) is 0 Å². The molecule has 0 aliphatic carbocycles. The zero-order valence-corrected chi connectivity index (χ0v) is 64.1. The summed E-state index contributed by atoms with van der Waals surface area (Å²) in [4.78, 5) is 72.7. The Hall–Kier alpha value is -1.94. The Morgan fingerprint density at radius 3 is 0.747 bits per heavy atom. The number of unbranched alkanes of at least 4 members (excludes halogenated alkanes) is 37. The molecule has 7 atom stereocenters. The van der Waals surface area contributed by atoms with E-state index in [9.17, 15) is 43.2 Å². The van der Waals surface area contributed by atoms with Crippen molar-refractivity contribution in [3.63, 3.8) is 0 Å². The number of carbonyl (C=O) groups is 4. The quantitative estimate of drug-likeness (QED) is 0.0222. The number of rotatable bonds is 73. The second kappa shape index (κ2) is 65.4. The van der Waals surface area contributed by atoms with Crippen LogP contribution in [0.1, 0.15) is 383 Å². The van der Waals surface area contributed by atoms with Crippen LogP contribution in [0, 0.1) is 23.7 Å². The Balaban J connectivity index is 5.15. The van der Waals surface area contributed by atoms with Crippen molar-refractivity contribution in [3.8, 4) is 0 Å². The van der Waals surface area contributed by atoms with Gasteiger partial charge in [-0.25, -0.2) is 9.13 Å². The Morgan fingerprint density at radius 2 is 0.505 bits per heavy atom. The highest BCUT2D eigenvalue weighted by Crippen LogP contribution is 2.45. The number of carbonyl (C=O) groups excluding carboxylic acids is 4. The molecule has 0 saturated carbocycles. The minimum absolute atomic E-state index is 0.104. The van der Waals surface area contributed by atoms with E-state index in [2.05, 4.69) is 55.4 Å². The van der Waals surface area contributed by atoms with E-state index < -0.39 is 97.5 Å². The van der Waals surface area contributed by atoms with Gasteiger partial charge in [0, 0.05) is 25.7 Å². The molecule has 0 rings (SSSR count). The maximum atomic E-state index is 13.1. The van der Waals surface area contributed by atoms with Crippen molar-refractivity contribution in [2.75, 3.05) is 39.6 Å². The first-order chi connectivity index (χ1) is 45.7. The third-order valence-electron chi connectivity index (χ3n) is 18.3. The van der Waals surface area contributed by atoms with Crippen LogP contribution in [0.4, 0.5) is 0 Å². The third kappa shape index (κ3) is 67.6. The molecule has 0 aromatic carbocycles. The van der Waals surface area contributed by atoms with Gasteiger partial charge in [-0.05, 0) is 49.4 Å². The zero-order valence-electron chi connectivity index (χ0n) is 62.3. The standard InChI is InChI=1S/C76H148O17P2/c1-9-68(7)54-46-38-29-23-19-17-15-13-11-12-14-16-18-20-24-31-40-48-56-73(78)86-62-71(93-76(81)59-51-43-33-27-26-30-39-47-55-69(8)10-2)64-90-94(82,83)88-60-70(77)61-89-95(84,85)91-65-72(63-87-74(79)57-49-41-35-34-37-45-53-67(5)6)92-75(80)58-50-42-32-25-21-22-28-36-44-52-66(3)4/h66-72,77H,9-65H2,1-8H3,(H,82,83)(H,84,85)/t68?,69?,70-,71-,72-/m1/s1. The van der Waals surface area contributed by atoms with Gasteiger partial charge >= 0.3 is 39.5 Å². The predicted octanol–water partition coefficient (Wildman–Crippen LogP) is 22.0. The monoisotopic (exact) mass is 1400 g/mol. The molecule has 0 aliphatic heterocycles. The topological polar surface area (TPSA) is 237 Å². The van der Waals surface area contributed by atoms with Crippen LogP contribution in [0.25, 0.3) is 0 Å². The van der Waals surface area contributed by atoms with Crippen LogP contribution in [-0.4, -0.2) is 96.7 Å². The van der Waals surface area contributed by atoms with E-state index in [0.717, 1.165) is 114 Å². The summed E-state index contributed by atoms with van der Waals surface area (Å²) in [6.45, 7) is 14.1. The van der Waals surface area contributed by atoms with Crippen LogP contribution < -0.4 is 0 Å². The molecule has 17 nitrogen and oxygen atoms in total. The number of hydrogen-bond donors (Lipinski definition) is 3. The molecule has 0 fully saturated rings. The first-order valence-corrected chi connectivity index (χ1v) is 42.3. The fraction of sp³-hybridized carbons (Fsp3) is 0.947. The van der Waals surface area contributed by atoms with Crippen molar-refractivity contribution < 1.29 is 80.2 Å². The Labute approximate surface area is 581 Å². The number of aliphatic hydroxyl groups excluding tert-OH is 1. The van der Waals surface area contributed by atoms with E-state index in [4.69, 9.17) is 37.0 Å². The molecule has 0 radical (unpaired) electrons. The molecule has 19 heteroatoms. The minimum Gasteiger partial charge on any atom is -0.462 e. The van der Waals surface area contributed by atoms with Gasteiger partial charge in [-0.1, -0.05) is 331 Å². The number of aliphatic hydroxyl groups is 1. The average Bonchev–Trinajstić information content (AvgIpc) is 1.74. The average molecular weight is 1400 g/mol. The molecule has 0 aromatic rings. The molecular weight excluding hydrogens is 1250 g/mol. The van der Waals surface area contributed by atoms with Crippen molar-refractivity contribution in [1.82, 2.24) is 0 Å². The summed E-state index contributed by atoms with van der Waals surface area (Å²) in [6.07, 6.45) is 50.2. The minimum atomic E-state index is -4.96. The van der Waals surface area contributed by atoms with Crippen LogP contribution >= 0.6 is 15.6 Å². The third-order valence-corrected chi connectivity index (χ3v) is 20.2. The molecule has 0 amide bonds. The number of hydrogen-bond acceptors (Lipinski definition) is 15. The van der Waals surface area contributed by atoms with Gasteiger partial charge in [0.05, 0.1) is 26.4 Å². The van der Waals surface area contributed by atoms with E-state index >= 15 is 0 Å². The number of phosphoric acid groups is 2. The van der Waals surface area contributed by atoms with Crippen molar-refractivity contribution in [2.45, 2.75) is 401 Å². The van der Waals surface area contributed by atoms with Gasteiger partial charge < -0.3 is 33.8 Å². The molecule has 3 N–H and O–H groups in total. The molecule has 95 heavy (non-hydrogen) atoms. The normalized spacial score (nSPS) is 14.7.